The molecule has 0 aliphatic heterocycles. The number of unbranched alkanes of at least 4 members (excludes halogenated alkanes) is 1. The number of benzene rings is 3. The number of nitrogens with zero attached hydrogens (tertiary/aromatic N) is 2. The van der Waals surface area contributed by atoms with Crippen molar-refractivity contribution in [2.75, 3.05) is 24.5 Å². The number of hydrogen-bond acceptors (Lipinski definition) is 5. The topological polar surface area (TPSA) is 96.0 Å². The van der Waals surface area contributed by atoms with Crippen molar-refractivity contribution in [1.29, 1.82) is 0 Å². The second-order valence-electron chi connectivity index (χ2n) is 9.74. The normalized spacial score (nSPS) is 11.9. The molecule has 1 N–H and O–H groups in total. The number of carbonyl (C=O) groups excluding carboxylic acids is 2. The lowest BCUT2D eigenvalue weighted by Crippen LogP contribution is -2.52. The van der Waals surface area contributed by atoms with E-state index in [9.17, 15) is 22.4 Å². The van der Waals surface area contributed by atoms with Crippen molar-refractivity contribution < 1.29 is 27.1 Å². The molecular formula is C31H38FN3O5S. The Morgan fingerprint density at radius 3 is 2.15 bits per heavy atom. The molecule has 1 atom stereocenters. The van der Waals surface area contributed by atoms with E-state index in [-0.39, 0.29) is 23.0 Å². The van der Waals surface area contributed by atoms with Gasteiger partial charge < -0.3 is 15.0 Å². The van der Waals surface area contributed by atoms with Gasteiger partial charge in [0.1, 0.15) is 24.2 Å². The number of amides is 2. The number of carbonyl (C=O) groups is 2. The van der Waals surface area contributed by atoms with Crippen LogP contribution in [0, 0.1) is 12.7 Å². The lowest BCUT2D eigenvalue weighted by Gasteiger charge is -2.33. The average molecular weight is 584 g/mol. The summed E-state index contributed by atoms with van der Waals surface area (Å²) >= 11 is 0. The molecule has 0 fully saturated rings. The highest BCUT2D eigenvalue weighted by Crippen LogP contribution is 2.26. The number of ether oxygens (including phenoxy) is 1. The summed E-state index contributed by atoms with van der Waals surface area (Å²) in [4.78, 5) is 28.5. The van der Waals surface area contributed by atoms with Crippen LogP contribution in [0.4, 0.5) is 10.1 Å². The standard InChI is InChI=1S/C31H38FN3O5S/c1-5-7-20-33-31(37)29(6-2)34(21-24-10-16-27(40-4)17-11-24)30(36)22-35(26-14-8-23(3)9-15-26)41(38,39)28-18-12-25(32)13-19-28/h8-19,29H,5-7,20-22H2,1-4H3,(H,33,37)/t29-/m1/s1. The molecule has 0 unspecified atom stereocenters. The number of aryl methyl sites for hydroxylation is 1. The molecule has 0 saturated carbocycles. The van der Waals surface area contributed by atoms with Crippen molar-refractivity contribution in [3.63, 3.8) is 0 Å². The van der Waals surface area contributed by atoms with Gasteiger partial charge in [0.25, 0.3) is 10.0 Å². The van der Waals surface area contributed by atoms with Crippen molar-refractivity contribution in [2.24, 2.45) is 0 Å². The van der Waals surface area contributed by atoms with Crippen molar-refractivity contribution in [2.45, 2.75) is 57.5 Å². The van der Waals surface area contributed by atoms with E-state index in [1.165, 1.54) is 17.0 Å². The minimum atomic E-state index is -4.26. The third-order valence-corrected chi connectivity index (χ3v) is 8.52. The molecule has 3 aromatic rings. The van der Waals surface area contributed by atoms with Crippen LogP contribution in [0.3, 0.4) is 0 Å². The highest BCUT2D eigenvalue weighted by Gasteiger charge is 2.33. The Labute approximate surface area is 242 Å². The minimum absolute atomic E-state index is 0.0842. The largest absolute Gasteiger partial charge is 0.497 e. The fraction of sp³-hybridized carbons (Fsp3) is 0.355. The lowest BCUT2D eigenvalue weighted by molar-refractivity contribution is -0.140. The van der Waals surface area contributed by atoms with Crippen LogP contribution in [0.5, 0.6) is 5.75 Å². The fourth-order valence-electron chi connectivity index (χ4n) is 4.33. The summed E-state index contributed by atoms with van der Waals surface area (Å²) in [6, 6.07) is 17.5. The Bertz CT molecular complexity index is 1400. The molecule has 0 radical (unpaired) electrons. The summed E-state index contributed by atoms with van der Waals surface area (Å²) in [6.07, 6.45) is 2.03. The number of hydrogen-bond donors (Lipinski definition) is 1. The Kier molecular flexibility index (Phi) is 11.3. The van der Waals surface area contributed by atoms with Gasteiger partial charge in [-0.1, -0.05) is 50.1 Å². The van der Waals surface area contributed by atoms with Crippen molar-refractivity contribution >= 4 is 27.5 Å². The smallest absolute Gasteiger partial charge is 0.264 e. The van der Waals surface area contributed by atoms with Crippen LogP contribution < -0.4 is 14.4 Å². The Hall–Kier alpha value is -3.92. The molecule has 0 spiro atoms. The maximum atomic E-state index is 14.0. The van der Waals surface area contributed by atoms with E-state index in [1.54, 1.807) is 55.6 Å². The van der Waals surface area contributed by atoms with Crippen molar-refractivity contribution in [3.8, 4) is 5.75 Å². The van der Waals surface area contributed by atoms with E-state index in [0.717, 1.165) is 40.4 Å². The first-order chi connectivity index (χ1) is 19.6. The number of sulfonamides is 1. The minimum Gasteiger partial charge on any atom is -0.497 e. The van der Waals surface area contributed by atoms with Crippen LogP contribution >= 0.6 is 0 Å². The van der Waals surface area contributed by atoms with Crippen LogP contribution in [0.15, 0.2) is 77.7 Å². The fourth-order valence-corrected chi connectivity index (χ4v) is 5.74. The lowest BCUT2D eigenvalue weighted by atomic mass is 10.1. The molecule has 3 aromatic carbocycles. The van der Waals surface area contributed by atoms with E-state index in [1.807, 2.05) is 20.8 Å². The maximum absolute atomic E-state index is 14.0. The van der Waals surface area contributed by atoms with E-state index >= 15 is 0 Å². The predicted octanol–water partition coefficient (Wildman–Crippen LogP) is 5.06. The molecule has 8 nitrogen and oxygen atoms in total. The molecule has 220 valence electrons. The number of anilines is 1. The van der Waals surface area contributed by atoms with Crippen LogP contribution in [0.25, 0.3) is 0 Å². The van der Waals surface area contributed by atoms with Crippen LogP contribution in [0.1, 0.15) is 44.2 Å². The van der Waals surface area contributed by atoms with Crippen LogP contribution in [-0.4, -0.2) is 51.4 Å². The number of rotatable bonds is 14. The third kappa shape index (κ3) is 8.29. The van der Waals surface area contributed by atoms with Gasteiger partial charge >= 0.3 is 0 Å². The summed E-state index contributed by atoms with van der Waals surface area (Å²) in [5.41, 5.74) is 1.94. The first-order valence-electron chi connectivity index (χ1n) is 13.7. The maximum Gasteiger partial charge on any atom is 0.264 e. The summed E-state index contributed by atoms with van der Waals surface area (Å²) in [5.74, 6) is -0.782. The molecule has 10 heteroatoms. The zero-order valence-electron chi connectivity index (χ0n) is 24.0. The molecular weight excluding hydrogens is 545 g/mol. The second-order valence-corrected chi connectivity index (χ2v) is 11.6. The van der Waals surface area contributed by atoms with Gasteiger partial charge in [-0.2, -0.15) is 0 Å². The van der Waals surface area contributed by atoms with E-state index in [2.05, 4.69) is 5.32 Å². The van der Waals surface area contributed by atoms with Gasteiger partial charge in [-0.05, 0) is 73.9 Å². The molecule has 3 rings (SSSR count). The summed E-state index contributed by atoms with van der Waals surface area (Å²) < 4.78 is 47.5. The summed E-state index contributed by atoms with van der Waals surface area (Å²) in [6.45, 7) is 5.70. The predicted molar refractivity (Wildman–Crippen MR) is 158 cm³/mol. The van der Waals surface area contributed by atoms with E-state index < -0.39 is 34.3 Å². The quantitative estimate of drug-likeness (QED) is 0.268. The van der Waals surface area contributed by atoms with E-state index in [4.69, 9.17) is 4.74 Å². The highest BCUT2D eigenvalue weighted by molar-refractivity contribution is 7.92. The van der Waals surface area contributed by atoms with Crippen LogP contribution in [-0.2, 0) is 26.2 Å². The Morgan fingerprint density at radius 1 is 0.951 bits per heavy atom. The van der Waals surface area contributed by atoms with Gasteiger partial charge in [0, 0.05) is 13.1 Å². The third-order valence-electron chi connectivity index (χ3n) is 6.73. The van der Waals surface area contributed by atoms with Gasteiger partial charge in [-0.3, -0.25) is 13.9 Å². The molecule has 2 amide bonds. The SMILES string of the molecule is CCCCNC(=O)[C@@H](CC)N(Cc1ccc(OC)cc1)C(=O)CN(c1ccc(C)cc1)S(=O)(=O)c1ccc(F)cc1. The first-order valence-corrected chi connectivity index (χ1v) is 15.1. The molecule has 41 heavy (non-hydrogen) atoms. The summed E-state index contributed by atoms with van der Waals surface area (Å²) in [5, 5.41) is 2.91. The highest BCUT2D eigenvalue weighted by atomic mass is 32.2. The molecule has 0 bridgehead atoms. The van der Waals surface area contributed by atoms with Gasteiger partial charge in [-0.15, -0.1) is 0 Å². The Morgan fingerprint density at radius 2 is 1.59 bits per heavy atom. The average Bonchev–Trinajstić information content (AvgIpc) is 2.97. The van der Waals surface area contributed by atoms with Gasteiger partial charge in [0.15, 0.2) is 0 Å². The zero-order chi connectivity index (χ0) is 30.0. The number of nitrogens with one attached hydrogen (secondary N) is 1. The Balaban J connectivity index is 2.02. The van der Waals surface area contributed by atoms with Crippen molar-refractivity contribution in [1.82, 2.24) is 10.2 Å². The molecule has 0 aromatic heterocycles. The van der Waals surface area contributed by atoms with Crippen LogP contribution in [0.2, 0.25) is 0 Å². The van der Waals surface area contributed by atoms with Gasteiger partial charge in [-0.25, -0.2) is 12.8 Å². The first kappa shape index (κ1) is 31.6. The molecule has 0 aliphatic carbocycles. The molecule has 0 saturated heterocycles. The van der Waals surface area contributed by atoms with E-state index in [0.29, 0.717) is 18.7 Å². The number of methoxy groups -OCH3 is 1. The number of halogens is 1. The van der Waals surface area contributed by atoms with Gasteiger partial charge in [0.2, 0.25) is 11.8 Å². The zero-order valence-corrected chi connectivity index (χ0v) is 24.8. The monoisotopic (exact) mass is 583 g/mol. The van der Waals surface area contributed by atoms with Gasteiger partial charge in [0.05, 0.1) is 17.7 Å². The molecule has 0 heterocycles. The second kappa shape index (κ2) is 14.6. The molecule has 0 aliphatic rings. The summed E-state index contributed by atoms with van der Waals surface area (Å²) in [7, 11) is -2.71. The van der Waals surface area contributed by atoms with Crippen molar-refractivity contribution in [3.05, 3.63) is 89.7 Å².